The molecule has 15 heavy (non-hydrogen) atoms. The molecule has 0 radical (unpaired) electrons. The number of ether oxygens (including phenoxy) is 2. The van der Waals surface area contributed by atoms with Crippen molar-refractivity contribution in [3.8, 4) is 0 Å². The summed E-state index contributed by atoms with van der Waals surface area (Å²) in [6.07, 6.45) is 5.16. The largest absolute Gasteiger partial charge is 0.347 e. The smallest absolute Gasteiger partial charge is 0.171 e. The topological polar surface area (TPSA) is 21.7 Å². The molecule has 0 amide bonds. The van der Waals surface area contributed by atoms with E-state index in [-0.39, 0.29) is 11.9 Å². The summed E-state index contributed by atoms with van der Waals surface area (Å²) in [4.78, 5) is 2.60. The molecule has 0 bridgehead atoms. The average Bonchev–Trinajstić information content (AvgIpc) is 3.03. The van der Waals surface area contributed by atoms with Gasteiger partial charge in [-0.1, -0.05) is 15.9 Å². The predicted octanol–water partition coefficient (Wildman–Crippen LogP) is 1.75. The minimum Gasteiger partial charge on any atom is -0.347 e. The molecule has 1 aliphatic carbocycles. The van der Waals surface area contributed by atoms with Crippen LogP contribution >= 0.6 is 15.9 Å². The highest BCUT2D eigenvalue weighted by molar-refractivity contribution is 9.09. The van der Waals surface area contributed by atoms with Gasteiger partial charge in [0.1, 0.15) is 0 Å². The molecule has 1 atom stereocenters. The van der Waals surface area contributed by atoms with Crippen LogP contribution in [0.2, 0.25) is 0 Å². The highest BCUT2D eigenvalue weighted by atomic mass is 79.9. The van der Waals surface area contributed by atoms with Crippen LogP contribution in [-0.2, 0) is 9.47 Å². The number of hydrogen-bond donors (Lipinski definition) is 0. The third-order valence-corrected chi connectivity index (χ3v) is 4.43. The Balaban J connectivity index is 1.56. The number of nitrogens with zero attached hydrogens (tertiary/aromatic N) is 1. The van der Waals surface area contributed by atoms with E-state index >= 15 is 0 Å². The van der Waals surface area contributed by atoms with E-state index in [4.69, 9.17) is 9.47 Å². The summed E-state index contributed by atoms with van der Waals surface area (Å²) in [6, 6.07) is 0.885. The highest BCUT2D eigenvalue weighted by Gasteiger charge is 2.45. The lowest BCUT2D eigenvalue weighted by Crippen LogP contribution is -2.46. The second-order valence-electron chi connectivity index (χ2n) is 4.88. The summed E-state index contributed by atoms with van der Waals surface area (Å²) < 4.78 is 11.8. The average molecular weight is 276 g/mol. The minimum atomic E-state index is -0.232. The lowest BCUT2D eigenvalue weighted by atomic mass is 10.0. The molecule has 4 heteroatoms. The molecular weight excluding hydrogens is 258 g/mol. The van der Waals surface area contributed by atoms with E-state index in [1.54, 1.807) is 0 Å². The predicted molar refractivity (Wildman–Crippen MR) is 61.2 cm³/mol. The molecule has 2 aliphatic heterocycles. The third-order valence-electron chi connectivity index (χ3n) is 3.71. The van der Waals surface area contributed by atoms with Crippen LogP contribution in [0.3, 0.4) is 0 Å². The minimum absolute atomic E-state index is 0.232. The van der Waals surface area contributed by atoms with Crippen molar-refractivity contribution in [2.24, 2.45) is 0 Å². The van der Waals surface area contributed by atoms with Crippen molar-refractivity contribution in [3.05, 3.63) is 0 Å². The van der Waals surface area contributed by atoms with Crippen LogP contribution in [0.4, 0.5) is 0 Å². The highest BCUT2D eigenvalue weighted by Crippen LogP contribution is 2.38. The summed E-state index contributed by atoms with van der Waals surface area (Å²) in [7, 11) is 0. The number of likely N-dealkylation sites (tertiary alicyclic amines) is 1. The maximum atomic E-state index is 5.99. The molecule has 2 saturated heterocycles. The summed E-state index contributed by atoms with van der Waals surface area (Å²) >= 11 is 3.46. The van der Waals surface area contributed by atoms with Gasteiger partial charge in [0, 0.05) is 37.3 Å². The van der Waals surface area contributed by atoms with E-state index in [2.05, 4.69) is 20.8 Å². The van der Waals surface area contributed by atoms with E-state index in [0.717, 1.165) is 43.9 Å². The van der Waals surface area contributed by atoms with Crippen LogP contribution in [0, 0.1) is 0 Å². The van der Waals surface area contributed by atoms with E-state index in [9.17, 15) is 0 Å². The first-order valence-corrected chi connectivity index (χ1v) is 7.05. The van der Waals surface area contributed by atoms with E-state index < -0.39 is 0 Å². The zero-order valence-corrected chi connectivity index (χ0v) is 10.5. The maximum absolute atomic E-state index is 5.99. The van der Waals surface area contributed by atoms with Crippen molar-refractivity contribution in [1.82, 2.24) is 4.90 Å². The van der Waals surface area contributed by atoms with Crippen molar-refractivity contribution in [1.29, 1.82) is 0 Å². The number of piperidine rings is 1. The van der Waals surface area contributed by atoms with Gasteiger partial charge in [-0.25, -0.2) is 0 Å². The Morgan fingerprint density at radius 3 is 2.53 bits per heavy atom. The first-order chi connectivity index (χ1) is 7.31. The second kappa shape index (κ2) is 3.99. The lowest BCUT2D eigenvalue weighted by Gasteiger charge is -2.38. The monoisotopic (exact) mass is 275 g/mol. The summed E-state index contributed by atoms with van der Waals surface area (Å²) in [6.45, 7) is 3.06. The standard InChI is InChI=1S/C11H18BrNO2/c12-7-10-8-14-11(15-10)3-5-13(6-4-11)9-1-2-9/h9-10H,1-8H2. The third kappa shape index (κ3) is 2.09. The normalized spacial score (nSPS) is 36.2. The molecule has 3 rings (SSSR count). The van der Waals surface area contributed by atoms with Gasteiger partial charge in [0.2, 0.25) is 0 Å². The van der Waals surface area contributed by atoms with Gasteiger partial charge in [0.25, 0.3) is 0 Å². The SMILES string of the molecule is BrCC1COC2(CCN(C3CC3)CC2)O1. The molecule has 0 aromatic heterocycles. The fourth-order valence-electron chi connectivity index (χ4n) is 2.62. The maximum Gasteiger partial charge on any atom is 0.171 e. The van der Waals surface area contributed by atoms with Gasteiger partial charge < -0.3 is 9.47 Å². The number of halogens is 1. The Morgan fingerprint density at radius 2 is 2.00 bits per heavy atom. The van der Waals surface area contributed by atoms with Crippen LogP contribution in [0.5, 0.6) is 0 Å². The number of rotatable bonds is 2. The zero-order chi connectivity index (χ0) is 10.3. The molecule has 0 aromatic rings. The van der Waals surface area contributed by atoms with Crippen LogP contribution in [0.25, 0.3) is 0 Å². The molecule has 86 valence electrons. The second-order valence-corrected chi connectivity index (χ2v) is 5.53. The van der Waals surface area contributed by atoms with Crippen molar-refractivity contribution in [3.63, 3.8) is 0 Å². The Morgan fingerprint density at radius 1 is 1.27 bits per heavy atom. The molecule has 1 unspecified atom stereocenters. The summed E-state index contributed by atoms with van der Waals surface area (Å²) in [5, 5.41) is 0.890. The van der Waals surface area contributed by atoms with Gasteiger partial charge in [0.05, 0.1) is 12.7 Å². The van der Waals surface area contributed by atoms with Crippen molar-refractivity contribution in [2.45, 2.75) is 43.6 Å². The quantitative estimate of drug-likeness (QED) is 0.717. The van der Waals surface area contributed by atoms with Gasteiger partial charge in [-0.05, 0) is 12.8 Å². The Kier molecular flexibility index (Phi) is 2.79. The molecule has 2 heterocycles. The van der Waals surface area contributed by atoms with Gasteiger partial charge in [-0.2, -0.15) is 0 Å². The van der Waals surface area contributed by atoms with Crippen molar-refractivity contribution in [2.75, 3.05) is 25.0 Å². The molecule has 1 spiro atoms. The summed E-state index contributed by atoms with van der Waals surface area (Å²) in [5.74, 6) is -0.232. The molecule has 3 fully saturated rings. The molecular formula is C11H18BrNO2. The zero-order valence-electron chi connectivity index (χ0n) is 8.95. The van der Waals surface area contributed by atoms with E-state index in [1.807, 2.05) is 0 Å². The van der Waals surface area contributed by atoms with Crippen LogP contribution in [0.1, 0.15) is 25.7 Å². The Hall–Kier alpha value is 0.360. The number of alkyl halides is 1. The van der Waals surface area contributed by atoms with Gasteiger partial charge >= 0.3 is 0 Å². The molecule has 0 aromatic carbocycles. The van der Waals surface area contributed by atoms with Crippen LogP contribution in [-0.4, -0.2) is 47.9 Å². The molecule has 3 aliphatic rings. The fraction of sp³-hybridized carbons (Fsp3) is 1.00. The lowest BCUT2D eigenvalue weighted by molar-refractivity contribution is -0.193. The van der Waals surface area contributed by atoms with Gasteiger partial charge in [-0.15, -0.1) is 0 Å². The Bertz CT molecular complexity index is 237. The van der Waals surface area contributed by atoms with Crippen molar-refractivity contribution >= 4 is 15.9 Å². The fourth-order valence-corrected chi connectivity index (χ4v) is 2.94. The molecule has 3 nitrogen and oxygen atoms in total. The number of hydrogen-bond acceptors (Lipinski definition) is 3. The van der Waals surface area contributed by atoms with Crippen LogP contribution < -0.4 is 0 Å². The Labute approximate surface area is 99.2 Å². The first kappa shape index (κ1) is 10.5. The molecule has 0 N–H and O–H groups in total. The van der Waals surface area contributed by atoms with Gasteiger partial charge in [-0.3, -0.25) is 4.90 Å². The van der Waals surface area contributed by atoms with Crippen LogP contribution in [0.15, 0.2) is 0 Å². The summed E-state index contributed by atoms with van der Waals surface area (Å²) in [5.41, 5.74) is 0. The van der Waals surface area contributed by atoms with Crippen molar-refractivity contribution < 1.29 is 9.47 Å². The van der Waals surface area contributed by atoms with Gasteiger partial charge in [0.15, 0.2) is 5.79 Å². The molecule has 1 saturated carbocycles. The van der Waals surface area contributed by atoms with E-state index in [1.165, 1.54) is 12.8 Å². The first-order valence-electron chi connectivity index (χ1n) is 5.93. The van der Waals surface area contributed by atoms with E-state index in [0.29, 0.717) is 0 Å².